The van der Waals surface area contributed by atoms with E-state index in [0.717, 1.165) is 27.2 Å². The molecule has 28 heavy (non-hydrogen) atoms. The van der Waals surface area contributed by atoms with Crippen molar-refractivity contribution in [1.82, 2.24) is 9.97 Å². The molecule has 0 atom stereocenters. The van der Waals surface area contributed by atoms with Crippen LogP contribution in [0.4, 0.5) is 11.5 Å². The number of ether oxygens (including phenoxy) is 2. The maximum atomic E-state index is 12.5. The molecule has 7 heteroatoms. The number of aryl methyl sites for hydroxylation is 1. The summed E-state index contributed by atoms with van der Waals surface area (Å²) in [6.45, 7) is 10.3. The Bertz CT molecular complexity index is 982. The molecule has 1 aromatic carbocycles. The number of benzene rings is 1. The van der Waals surface area contributed by atoms with Gasteiger partial charge in [0.05, 0.1) is 23.8 Å². The lowest BCUT2D eigenvalue weighted by molar-refractivity contribution is 0.0464. The SMILES string of the molecule is Cc1c(C(=O)OCC(C)C)sc2ncnc(Nc3ccccc3OC(C)C)c12. The van der Waals surface area contributed by atoms with Crippen LogP contribution in [0.25, 0.3) is 10.2 Å². The van der Waals surface area contributed by atoms with Crippen LogP contribution in [-0.4, -0.2) is 28.6 Å². The molecule has 3 aromatic rings. The molecule has 0 amide bonds. The molecular weight excluding hydrogens is 374 g/mol. The number of rotatable bonds is 7. The first-order valence-corrected chi connectivity index (χ1v) is 10.1. The van der Waals surface area contributed by atoms with Crippen molar-refractivity contribution < 1.29 is 14.3 Å². The molecule has 3 rings (SSSR count). The van der Waals surface area contributed by atoms with Crippen LogP contribution < -0.4 is 10.1 Å². The van der Waals surface area contributed by atoms with Gasteiger partial charge in [-0.3, -0.25) is 0 Å². The summed E-state index contributed by atoms with van der Waals surface area (Å²) in [4.78, 5) is 22.5. The molecule has 2 heterocycles. The van der Waals surface area contributed by atoms with Gasteiger partial charge in [-0.25, -0.2) is 14.8 Å². The van der Waals surface area contributed by atoms with Crippen molar-refractivity contribution in [2.75, 3.05) is 11.9 Å². The summed E-state index contributed by atoms with van der Waals surface area (Å²) in [6, 6.07) is 7.71. The van der Waals surface area contributed by atoms with Crippen LogP contribution in [-0.2, 0) is 4.74 Å². The topological polar surface area (TPSA) is 73.3 Å². The predicted octanol–water partition coefficient (Wildman–Crippen LogP) is 5.34. The smallest absolute Gasteiger partial charge is 0.348 e. The molecule has 0 aliphatic carbocycles. The number of carbonyl (C=O) groups is 1. The van der Waals surface area contributed by atoms with Gasteiger partial charge in [0, 0.05) is 0 Å². The van der Waals surface area contributed by atoms with E-state index >= 15 is 0 Å². The van der Waals surface area contributed by atoms with Crippen LogP contribution in [0.5, 0.6) is 5.75 Å². The summed E-state index contributed by atoms with van der Waals surface area (Å²) in [6.07, 6.45) is 1.55. The number of nitrogens with one attached hydrogen (secondary N) is 1. The second-order valence-electron chi connectivity index (χ2n) is 7.24. The van der Waals surface area contributed by atoms with Crippen LogP contribution in [0.1, 0.15) is 42.9 Å². The number of hydrogen-bond donors (Lipinski definition) is 1. The molecule has 1 N–H and O–H groups in total. The number of carbonyl (C=O) groups excluding carboxylic acids is 1. The van der Waals surface area contributed by atoms with Gasteiger partial charge in [-0.15, -0.1) is 11.3 Å². The van der Waals surface area contributed by atoms with Gasteiger partial charge in [0.1, 0.15) is 27.6 Å². The summed E-state index contributed by atoms with van der Waals surface area (Å²) >= 11 is 1.33. The second-order valence-corrected chi connectivity index (χ2v) is 8.24. The van der Waals surface area contributed by atoms with Gasteiger partial charge in [-0.05, 0) is 44.4 Å². The van der Waals surface area contributed by atoms with Crippen molar-refractivity contribution in [2.24, 2.45) is 5.92 Å². The molecule has 0 saturated carbocycles. The van der Waals surface area contributed by atoms with Crippen LogP contribution in [0, 0.1) is 12.8 Å². The minimum atomic E-state index is -0.316. The minimum Gasteiger partial charge on any atom is -0.489 e. The molecule has 2 aromatic heterocycles. The molecule has 0 spiro atoms. The zero-order chi connectivity index (χ0) is 20.3. The Hall–Kier alpha value is -2.67. The number of nitrogens with zero attached hydrogens (tertiary/aromatic N) is 2. The Morgan fingerprint density at radius 3 is 2.64 bits per heavy atom. The van der Waals surface area contributed by atoms with Crippen molar-refractivity contribution >= 4 is 39.0 Å². The van der Waals surface area contributed by atoms with Gasteiger partial charge in [-0.1, -0.05) is 26.0 Å². The second kappa shape index (κ2) is 8.56. The Morgan fingerprint density at radius 1 is 1.18 bits per heavy atom. The van der Waals surface area contributed by atoms with Crippen molar-refractivity contribution in [2.45, 2.75) is 40.7 Å². The zero-order valence-corrected chi connectivity index (χ0v) is 17.6. The summed E-state index contributed by atoms with van der Waals surface area (Å²) in [5.41, 5.74) is 1.63. The molecule has 0 radical (unpaired) electrons. The van der Waals surface area contributed by atoms with Gasteiger partial charge in [0.15, 0.2) is 0 Å². The van der Waals surface area contributed by atoms with Gasteiger partial charge in [0.25, 0.3) is 0 Å². The third-order valence-corrected chi connectivity index (χ3v) is 5.14. The average Bonchev–Trinajstić information content (AvgIpc) is 2.99. The quantitative estimate of drug-likeness (QED) is 0.540. The first-order valence-electron chi connectivity index (χ1n) is 9.30. The van der Waals surface area contributed by atoms with Crippen LogP contribution >= 0.6 is 11.3 Å². The van der Waals surface area contributed by atoms with Crippen LogP contribution in [0.15, 0.2) is 30.6 Å². The van der Waals surface area contributed by atoms with Crippen molar-refractivity contribution in [3.05, 3.63) is 41.0 Å². The van der Waals surface area contributed by atoms with Crippen molar-refractivity contribution in [3.8, 4) is 5.75 Å². The Morgan fingerprint density at radius 2 is 1.93 bits per heavy atom. The molecule has 0 fully saturated rings. The first kappa shape index (κ1) is 20.1. The van der Waals surface area contributed by atoms with E-state index in [-0.39, 0.29) is 18.0 Å². The summed E-state index contributed by atoms with van der Waals surface area (Å²) in [7, 11) is 0. The van der Waals surface area contributed by atoms with E-state index in [1.807, 2.05) is 58.9 Å². The summed E-state index contributed by atoms with van der Waals surface area (Å²) in [5, 5.41) is 4.17. The maximum absolute atomic E-state index is 12.5. The van der Waals surface area contributed by atoms with E-state index in [1.54, 1.807) is 0 Å². The molecule has 148 valence electrons. The molecule has 0 saturated heterocycles. The summed E-state index contributed by atoms with van der Waals surface area (Å²) < 4.78 is 11.3. The molecule has 0 unspecified atom stereocenters. The number of aromatic nitrogens is 2. The molecule has 6 nitrogen and oxygen atoms in total. The third kappa shape index (κ3) is 4.42. The highest BCUT2D eigenvalue weighted by Crippen LogP contribution is 2.36. The highest BCUT2D eigenvalue weighted by atomic mass is 32.1. The maximum Gasteiger partial charge on any atom is 0.348 e. The van der Waals surface area contributed by atoms with E-state index in [9.17, 15) is 4.79 Å². The standard InChI is InChI=1S/C21H25N3O3S/c1-12(2)10-26-21(25)18-14(5)17-19(22-11-23-20(17)28-18)24-15-8-6-7-9-16(15)27-13(3)4/h6-9,11-13H,10H2,1-5H3,(H,22,23,24). The fourth-order valence-electron chi connectivity index (χ4n) is 2.72. The van der Waals surface area contributed by atoms with Crippen molar-refractivity contribution in [3.63, 3.8) is 0 Å². The largest absolute Gasteiger partial charge is 0.489 e. The average molecular weight is 400 g/mol. The van der Waals surface area contributed by atoms with E-state index in [2.05, 4.69) is 15.3 Å². The highest BCUT2D eigenvalue weighted by molar-refractivity contribution is 7.20. The zero-order valence-electron chi connectivity index (χ0n) is 16.8. The monoisotopic (exact) mass is 399 g/mol. The highest BCUT2D eigenvalue weighted by Gasteiger charge is 2.21. The Balaban J connectivity index is 1.96. The minimum absolute atomic E-state index is 0.0542. The number of hydrogen-bond acceptors (Lipinski definition) is 7. The Kier molecular flexibility index (Phi) is 6.14. The van der Waals surface area contributed by atoms with Gasteiger partial charge in [-0.2, -0.15) is 0 Å². The Labute approximate surface area is 168 Å². The van der Waals surface area contributed by atoms with E-state index < -0.39 is 0 Å². The molecule has 0 aliphatic heterocycles. The lowest BCUT2D eigenvalue weighted by Gasteiger charge is -2.15. The number of fused-ring (bicyclic) bond motifs is 1. The number of thiophene rings is 1. The third-order valence-electron chi connectivity index (χ3n) is 3.96. The van der Waals surface area contributed by atoms with Gasteiger partial charge >= 0.3 is 5.97 Å². The van der Waals surface area contributed by atoms with Gasteiger partial charge in [0.2, 0.25) is 0 Å². The van der Waals surface area contributed by atoms with Crippen molar-refractivity contribution in [1.29, 1.82) is 0 Å². The number of anilines is 2. The lowest BCUT2D eigenvalue weighted by Crippen LogP contribution is -2.09. The fraction of sp³-hybridized carbons (Fsp3) is 0.381. The lowest BCUT2D eigenvalue weighted by atomic mass is 10.2. The van der Waals surface area contributed by atoms with Crippen LogP contribution in [0.2, 0.25) is 0 Å². The summed E-state index contributed by atoms with van der Waals surface area (Å²) in [5.74, 6) is 1.35. The number of para-hydroxylation sites is 2. The molecule has 0 bridgehead atoms. The first-order chi connectivity index (χ1) is 13.4. The van der Waals surface area contributed by atoms with E-state index in [0.29, 0.717) is 17.3 Å². The molecular formula is C21H25N3O3S. The predicted molar refractivity (Wildman–Crippen MR) is 113 cm³/mol. The normalized spacial score (nSPS) is 11.2. The van der Waals surface area contributed by atoms with Gasteiger partial charge < -0.3 is 14.8 Å². The van der Waals surface area contributed by atoms with E-state index in [4.69, 9.17) is 9.47 Å². The fourth-order valence-corrected chi connectivity index (χ4v) is 3.77. The molecule has 0 aliphatic rings. The van der Waals surface area contributed by atoms with E-state index in [1.165, 1.54) is 17.7 Å². The number of esters is 1. The van der Waals surface area contributed by atoms with Crippen LogP contribution in [0.3, 0.4) is 0 Å².